The molecule has 0 saturated carbocycles. The molecule has 21 heavy (non-hydrogen) atoms. The summed E-state index contributed by atoms with van der Waals surface area (Å²) in [6.45, 7) is 11.2. The van der Waals surface area contributed by atoms with E-state index in [0.29, 0.717) is 0 Å². The van der Waals surface area contributed by atoms with Gasteiger partial charge in [0.25, 0.3) is 0 Å². The monoisotopic (exact) mass is 290 g/mol. The number of hydrogen-bond acceptors (Lipinski definition) is 2. The predicted molar refractivity (Wildman–Crippen MR) is 90.3 cm³/mol. The topological polar surface area (TPSA) is 46.3 Å². The van der Waals surface area contributed by atoms with Crippen LogP contribution >= 0.6 is 0 Å². The number of nitrogens with two attached hydrogens (primary N) is 1. The van der Waals surface area contributed by atoms with E-state index < -0.39 is 5.41 Å². The predicted octanol–water partition coefficient (Wildman–Crippen LogP) is 3.97. The van der Waals surface area contributed by atoms with Crippen molar-refractivity contribution in [1.29, 1.82) is 0 Å². The molecule has 118 valence electrons. The summed E-state index contributed by atoms with van der Waals surface area (Å²) in [5.74, 6) is 0.193. The van der Waals surface area contributed by atoms with Crippen LogP contribution in [0, 0.1) is 0 Å². The summed E-state index contributed by atoms with van der Waals surface area (Å²) in [5, 5.41) is 0. The highest BCUT2D eigenvalue weighted by molar-refractivity contribution is 5.87. The van der Waals surface area contributed by atoms with Crippen molar-refractivity contribution in [3.63, 3.8) is 0 Å². The van der Waals surface area contributed by atoms with Gasteiger partial charge in [-0.05, 0) is 51.8 Å². The normalized spacial score (nSPS) is 11.7. The third kappa shape index (κ3) is 4.48. The lowest BCUT2D eigenvalue weighted by Crippen LogP contribution is -2.47. The molecule has 1 aromatic carbocycles. The molecule has 0 aliphatic carbocycles. The number of unbranched alkanes of at least 4 members (excludes halogenated alkanes) is 2. The van der Waals surface area contributed by atoms with Crippen molar-refractivity contribution in [2.75, 3.05) is 12.3 Å². The second-order valence-electron chi connectivity index (χ2n) is 6.55. The second-order valence-corrected chi connectivity index (χ2v) is 6.55. The summed E-state index contributed by atoms with van der Waals surface area (Å²) >= 11 is 0. The zero-order valence-corrected chi connectivity index (χ0v) is 14.1. The number of nitrogen functional groups attached to an aromatic ring is 1. The van der Waals surface area contributed by atoms with Crippen LogP contribution in [-0.2, 0) is 10.2 Å². The smallest absolute Gasteiger partial charge is 0.232 e. The molecular formula is C18H30N2O. The first-order chi connectivity index (χ1) is 9.80. The largest absolute Gasteiger partial charge is 0.399 e. The average molecular weight is 290 g/mol. The summed E-state index contributed by atoms with van der Waals surface area (Å²) in [5.41, 5.74) is 6.96. The molecule has 3 heteroatoms. The highest BCUT2D eigenvalue weighted by Crippen LogP contribution is 2.27. The molecule has 0 spiro atoms. The number of nitrogens with zero attached hydrogens (tertiary/aromatic N) is 1. The van der Waals surface area contributed by atoms with Gasteiger partial charge in [0.15, 0.2) is 0 Å². The highest BCUT2D eigenvalue weighted by Gasteiger charge is 2.34. The molecule has 3 nitrogen and oxygen atoms in total. The maximum Gasteiger partial charge on any atom is 0.232 e. The average Bonchev–Trinajstić information content (AvgIpc) is 2.43. The van der Waals surface area contributed by atoms with Gasteiger partial charge in [0, 0.05) is 18.3 Å². The van der Waals surface area contributed by atoms with Crippen molar-refractivity contribution in [2.24, 2.45) is 0 Å². The van der Waals surface area contributed by atoms with Crippen LogP contribution in [0.15, 0.2) is 24.3 Å². The fraction of sp³-hybridized carbons (Fsp3) is 0.611. The van der Waals surface area contributed by atoms with Gasteiger partial charge in [-0.25, -0.2) is 0 Å². The Morgan fingerprint density at radius 3 is 2.24 bits per heavy atom. The van der Waals surface area contributed by atoms with E-state index in [9.17, 15) is 4.79 Å². The van der Waals surface area contributed by atoms with Crippen molar-refractivity contribution in [3.05, 3.63) is 29.8 Å². The van der Waals surface area contributed by atoms with E-state index in [1.807, 2.05) is 43.0 Å². The Morgan fingerprint density at radius 2 is 1.76 bits per heavy atom. The third-order valence-corrected chi connectivity index (χ3v) is 4.05. The molecule has 0 aliphatic heterocycles. The lowest BCUT2D eigenvalue weighted by molar-refractivity contribution is -0.138. The van der Waals surface area contributed by atoms with E-state index in [4.69, 9.17) is 5.73 Å². The molecule has 0 unspecified atom stereocenters. The van der Waals surface area contributed by atoms with E-state index in [2.05, 4.69) is 20.8 Å². The Balaban J connectivity index is 2.92. The molecule has 0 fully saturated rings. The lowest BCUT2D eigenvalue weighted by atomic mass is 9.82. The molecule has 1 rings (SSSR count). The summed E-state index contributed by atoms with van der Waals surface area (Å²) < 4.78 is 0. The van der Waals surface area contributed by atoms with Crippen molar-refractivity contribution in [2.45, 2.75) is 65.3 Å². The van der Waals surface area contributed by atoms with E-state index in [1.54, 1.807) is 0 Å². The molecule has 0 saturated heterocycles. The quantitative estimate of drug-likeness (QED) is 0.610. The Bertz CT molecular complexity index is 449. The standard InChI is InChI=1S/C18H30N2O/c1-6-7-8-13-20(14(2)3)17(21)18(4,5)15-9-11-16(19)12-10-15/h9-12,14H,6-8,13,19H2,1-5H3. The van der Waals surface area contributed by atoms with Crippen LogP contribution < -0.4 is 5.73 Å². The van der Waals surface area contributed by atoms with Crippen LogP contribution in [0.4, 0.5) is 5.69 Å². The number of anilines is 1. The number of hydrogen-bond donors (Lipinski definition) is 1. The van der Waals surface area contributed by atoms with Crippen molar-refractivity contribution >= 4 is 11.6 Å². The molecule has 0 aromatic heterocycles. The third-order valence-electron chi connectivity index (χ3n) is 4.05. The van der Waals surface area contributed by atoms with Crippen LogP contribution in [0.3, 0.4) is 0 Å². The van der Waals surface area contributed by atoms with Crippen molar-refractivity contribution in [1.82, 2.24) is 4.90 Å². The van der Waals surface area contributed by atoms with Gasteiger partial charge >= 0.3 is 0 Å². The fourth-order valence-corrected chi connectivity index (χ4v) is 2.51. The van der Waals surface area contributed by atoms with Gasteiger partial charge in [-0.1, -0.05) is 31.9 Å². The summed E-state index contributed by atoms with van der Waals surface area (Å²) in [6, 6.07) is 7.86. The van der Waals surface area contributed by atoms with Gasteiger partial charge in [-0.3, -0.25) is 4.79 Å². The van der Waals surface area contributed by atoms with E-state index in [0.717, 1.165) is 24.2 Å². The molecule has 2 N–H and O–H groups in total. The summed E-state index contributed by atoms with van der Waals surface area (Å²) in [4.78, 5) is 15.0. The van der Waals surface area contributed by atoms with Crippen molar-refractivity contribution in [3.8, 4) is 0 Å². The fourth-order valence-electron chi connectivity index (χ4n) is 2.51. The van der Waals surface area contributed by atoms with Gasteiger partial charge in [0.1, 0.15) is 0 Å². The second kappa shape index (κ2) is 7.48. The van der Waals surface area contributed by atoms with E-state index in [-0.39, 0.29) is 11.9 Å². The first-order valence-corrected chi connectivity index (χ1v) is 7.97. The molecule has 0 bridgehead atoms. The molecule has 0 heterocycles. The molecular weight excluding hydrogens is 260 g/mol. The highest BCUT2D eigenvalue weighted by atomic mass is 16.2. The Morgan fingerprint density at radius 1 is 1.19 bits per heavy atom. The Labute approximate surface area is 129 Å². The Kier molecular flexibility index (Phi) is 6.25. The molecule has 1 amide bonds. The van der Waals surface area contributed by atoms with Crippen LogP contribution in [0.5, 0.6) is 0 Å². The van der Waals surface area contributed by atoms with E-state index >= 15 is 0 Å². The lowest BCUT2D eigenvalue weighted by Gasteiger charge is -2.35. The van der Waals surface area contributed by atoms with Crippen LogP contribution in [0.2, 0.25) is 0 Å². The molecule has 0 aliphatic rings. The van der Waals surface area contributed by atoms with Crippen LogP contribution in [0.25, 0.3) is 0 Å². The van der Waals surface area contributed by atoms with Gasteiger partial charge in [-0.15, -0.1) is 0 Å². The van der Waals surface area contributed by atoms with Gasteiger partial charge in [0.05, 0.1) is 5.41 Å². The number of rotatable bonds is 7. The SMILES string of the molecule is CCCCCN(C(=O)C(C)(C)c1ccc(N)cc1)C(C)C. The first-order valence-electron chi connectivity index (χ1n) is 7.97. The van der Waals surface area contributed by atoms with E-state index in [1.165, 1.54) is 12.8 Å². The summed E-state index contributed by atoms with van der Waals surface area (Å²) in [7, 11) is 0. The summed E-state index contributed by atoms with van der Waals surface area (Å²) in [6.07, 6.45) is 3.40. The number of benzene rings is 1. The van der Waals surface area contributed by atoms with Gasteiger partial charge in [-0.2, -0.15) is 0 Å². The first kappa shape index (κ1) is 17.5. The minimum atomic E-state index is -0.524. The van der Waals surface area contributed by atoms with Gasteiger partial charge in [0.2, 0.25) is 5.91 Å². The van der Waals surface area contributed by atoms with Crippen molar-refractivity contribution < 1.29 is 4.79 Å². The zero-order chi connectivity index (χ0) is 16.0. The number of carbonyl (C=O) groups excluding carboxylic acids is 1. The van der Waals surface area contributed by atoms with Gasteiger partial charge < -0.3 is 10.6 Å². The minimum Gasteiger partial charge on any atom is -0.399 e. The molecule has 0 radical (unpaired) electrons. The van der Waals surface area contributed by atoms with Crippen LogP contribution in [-0.4, -0.2) is 23.4 Å². The maximum atomic E-state index is 13.0. The minimum absolute atomic E-state index is 0.193. The Hall–Kier alpha value is -1.51. The number of carbonyl (C=O) groups is 1. The van der Waals surface area contributed by atoms with Crippen LogP contribution in [0.1, 0.15) is 59.4 Å². The zero-order valence-electron chi connectivity index (χ0n) is 14.1. The number of amides is 1. The molecule has 0 atom stereocenters. The molecule has 1 aromatic rings. The maximum absolute atomic E-state index is 13.0.